The first-order chi connectivity index (χ1) is 7.10. The van der Waals surface area contributed by atoms with Crippen LogP contribution in [0.25, 0.3) is 0 Å². The van der Waals surface area contributed by atoms with E-state index < -0.39 is 0 Å². The van der Waals surface area contributed by atoms with E-state index in [4.69, 9.17) is 17.4 Å². The number of hydrogen-bond acceptors (Lipinski definition) is 4. The second-order valence-corrected chi connectivity index (χ2v) is 3.19. The Hall–Kier alpha value is -1.59. The van der Waals surface area contributed by atoms with E-state index in [2.05, 4.69) is 22.3 Å². The minimum Gasteiger partial charge on any atom is -0.329 e. The van der Waals surface area contributed by atoms with Crippen LogP contribution in [0.2, 0.25) is 5.15 Å². The summed E-state index contributed by atoms with van der Waals surface area (Å²) in [5.41, 5.74) is 3.36. The number of nitrogens with zero attached hydrogens (tertiary/aromatic N) is 1. The molecule has 0 spiro atoms. The lowest BCUT2D eigenvalue weighted by molar-refractivity contribution is 0.0970. The molecule has 0 aromatic carbocycles. The van der Waals surface area contributed by atoms with Crippen molar-refractivity contribution < 1.29 is 4.79 Å². The average Bonchev–Trinajstić information content (AvgIpc) is 2.16. The molecule has 80 valence electrons. The SMILES string of the molecule is C=CNC(=O)c1c(C)cc(Cl)nc1NN. The Morgan fingerprint density at radius 2 is 2.40 bits per heavy atom. The third-order valence-corrected chi connectivity index (χ3v) is 1.98. The van der Waals surface area contributed by atoms with Gasteiger partial charge in [0.1, 0.15) is 5.15 Å². The van der Waals surface area contributed by atoms with E-state index in [1.54, 1.807) is 13.0 Å². The molecule has 5 nitrogen and oxygen atoms in total. The monoisotopic (exact) mass is 226 g/mol. The van der Waals surface area contributed by atoms with Crippen LogP contribution in [-0.4, -0.2) is 10.9 Å². The molecule has 0 saturated carbocycles. The molecule has 1 heterocycles. The number of hydrazine groups is 1. The van der Waals surface area contributed by atoms with Crippen molar-refractivity contribution in [2.75, 3.05) is 5.43 Å². The highest BCUT2D eigenvalue weighted by Gasteiger charge is 2.15. The predicted molar refractivity (Wildman–Crippen MR) is 59.5 cm³/mol. The number of hydrogen-bond donors (Lipinski definition) is 3. The molecule has 4 N–H and O–H groups in total. The first-order valence-electron chi connectivity index (χ1n) is 4.15. The van der Waals surface area contributed by atoms with Gasteiger partial charge < -0.3 is 10.7 Å². The summed E-state index contributed by atoms with van der Waals surface area (Å²) in [4.78, 5) is 15.5. The molecular weight excluding hydrogens is 216 g/mol. The summed E-state index contributed by atoms with van der Waals surface area (Å²) in [6.45, 7) is 5.14. The van der Waals surface area contributed by atoms with Gasteiger partial charge in [-0.25, -0.2) is 10.8 Å². The van der Waals surface area contributed by atoms with Gasteiger partial charge in [0.05, 0.1) is 5.56 Å². The zero-order chi connectivity index (χ0) is 11.4. The summed E-state index contributed by atoms with van der Waals surface area (Å²) in [5, 5.41) is 2.72. The van der Waals surface area contributed by atoms with Crippen LogP contribution >= 0.6 is 11.6 Å². The zero-order valence-electron chi connectivity index (χ0n) is 8.17. The Morgan fingerprint density at radius 3 is 2.93 bits per heavy atom. The van der Waals surface area contributed by atoms with Crippen molar-refractivity contribution in [2.24, 2.45) is 5.84 Å². The Balaban J connectivity index is 3.25. The van der Waals surface area contributed by atoms with Gasteiger partial charge in [0.15, 0.2) is 5.82 Å². The summed E-state index contributed by atoms with van der Waals surface area (Å²) in [6, 6.07) is 1.58. The summed E-state index contributed by atoms with van der Waals surface area (Å²) >= 11 is 5.72. The molecule has 0 unspecified atom stereocenters. The molecule has 6 heteroatoms. The van der Waals surface area contributed by atoms with Gasteiger partial charge >= 0.3 is 0 Å². The minimum absolute atomic E-state index is 0.236. The van der Waals surface area contributed by atoms with Crippen molar-refractivity contribution in [3.8, 4) is 0 Å². The van der Waals surface area contributed by atoms with Crippen LogP contribution in [-0.2, 0) is 0 Å². The predicted octanol–water partition coefficient (Wildman–Crippen LogP) is 1.20. The van der Waals surface area contributed by atoms with E-state index in [0.29, 0.717) is 11.1 Å². The van der Waals surface area contributed by atoms with E-state index in [0.717, 1.165) is 0 Å². The molecule has 1 aromatic rings. The lowest BCUT2D eigenvalue weighted by Gasteiger charge is -2.10. The maximum Gasteiger partial charge on any atom is 0.259 e. The Labute approximate surface area is 92.3 Å². The normalized spacial score (nSPS) is 9.53. The number of carbonyl (C=O) groups is 1. The van der Waals surface area contributed by atoms with Crippen molar-refractivity contribution in [2.45, 2.75) is 6.92 Å². The average molecular weight is 227 g/mol. The minimum atomic E-state index is -0.334. The molecule has 15 heavy (non-hydrogen) atoms. The second kappa shape index (κ2) is 4.77. The summed E-state index contributed by atoms with van der Waals surface area (Å²) in [5.74, 6) is 5.15. The van der Waals surface area contributed by atoms with Gasteiger partial charge in [0, 0.05) is 0 Å². The Kier molecular flexibility index (Phi) is 3.65. The van der Waals surface area contributed by atoms with E-state index in [1.807, 2.05) is 0 Å². The number of pyridine rings is 1. The number of rotatable bonds is 3. The number of aryl methyl sites for hydroxylation is 1. The molecule has 0 saturated heterocycles. The van der Waals surface area contributed by atoms with E-state index in [-0.39, 0.29) is 16.9 Å². The van der Waals surface area contributed by atoms with Crippen molar-refractivity contribution in [1.82, 2.24) is 10.3 Å². The van der Waals surface area contributed by atoms with Gasteiger partial charge in [-0.15, -0.1) is 0 Å². The van der Waals surface area contributed by atoms with Crippen molar-refractivity contribution >= 4 is 23.3 Å². The topological polar surface area (TPSA) is 80.0 Å². The van der Waals surface area contributed by atoms with E-state index >= 15 is 0 Å². The maximum absolute atomic E-state index is 11.6. The van der Waals surface area contributed by atoms with Gasteiger partial charge in [-0.1, -0.05) is 18.2 Å². The van der Waals surface area contributed by atoms with Crippen molar-refractivity contribution in [1.29, 1.82) is 0 Å². The Morgan fingerprint density at radius 1 is 1.73 bits per heavy atom. The van der Waals surface area contributed by atoms with Crippen LogP contribution in [0, 0.1) is 6.92 Å². The van der Waals surface area contributed by atoms with E-state index in [9.17, 15) is 4.79 Å². The molecule has 1 amide bonds. The molecule has 0 atom stereocenters. The van der Waals surface area contributed by atoms with Crippen LogP contribution in [0.1, 0.15) is 15.9 Å². The number of anilines is 1. The van der Waals surface area contributed by atoms with Crippen LogP contribution in [0.5, 0.6) is 0 Å². The van der Waals surface area contributed by atoms with Crippen LogP contribution in [0.3, 0.4) is 0 Å². The van der Waals surface area contributed by atoms with Gasteiger partial charge in [0.2, 0.25) is 0 Å². The fraction of sp³-hybridized carbons (Fsp3) is 0.111. The van der Waals surface area contributed by atoms with Gasteiger partial charge in [-0.2, -0.15) is 0 Å². The lowest BCUT2D eigenvalue weighted by Crippen LogP contribution is -2.22. The summed E-state index contributed by atoms with van der Waals surface area (Å²) in [7, 11) is 0. The first kappa shape index (κ1) is 11.5. The molecule has 0 fully saturated rings. The van der Waals surface area contributed by atoms with Crippen molar-refractivity contribution in [3.05, 3.63) is 35.1 Å². The summed E-state index contributed by atoms with van der Waals surface area (Å²) < 4.78 is 0. The number of halogens is 1. The number of amides is 1. The smallest absolute Gasteiger partial charge is 0.259 e. The molecule has 0 aliphatic carbocycles. The maximum atomic E-state index is 11.6. The van der Waals surface area contributed by atoms with Crippen molar-refractivity contribution in [3.63, 3.8) is 0 Å². The molecular formula is C9H11ClN4O. The summed E-state index contributed by atoms with van der Waals surface area (Å²) in [6.07, 6.45) is 1.29. The van der Waals surface area contributed by atoms with E-state index in [1.165, 1.54) is 6.20 Å². The first-order valence-corrected chi connectivity index (χ1v) is 4.53. The zero-order valence-corrected chi connectivity index (χ0v) is 8.93. The second-order valence-electron chi connectivity index (χ2n) is 2.81. The lowest BCUT2D eigenvalue weighted by atomic mass is 10.1. The molecule has 1 aromatic heterocycles. The molecule has 0 bridgehead atoms. The quantitative estimate of drug-likeness (QED) is 0.411. The molecule has 0 aliphatic heterocycles. The number of nitrogen functional groups attached to an aromatic ring is 1. The highest BCUT2D eigenvalue weighted by atomic mass is 35.5. The third kappa shape index (κ3) is 2.45. The van der Waals surface area contributed by atoms with Gasteiger partial charge in [-0.05, 0) is 24.8 Å². The highest BCUT2D eigenvalue weighted by Crippen LogP contribution is 2.20. The standard InChI is InChI=1S/C9H11ClN4O/c1-3-12-9(15)7-5(2)4-6(10)13-8(7)14-11/h3-4H,1,11H2,2H3,(H,12,15)(H,13,14). The van der Waals surface area contributed by atoms with Gasteiger partial charge in [0.25, 0.3) is 5.91 Å². The number of nitrogens with one attached hydrogen (secondary N) is 2. The number of carbonyl (C=O) groups excluding carboxylic acids is 1. The number of nitrogens with two attached hydrogens (primary N) is 1. The molecule has 0 radical (unpaired) electrons. The highest BCUT2D eigenvalue weighted by molar-refractivity contribution is 6.29. The number of aromatic nitrogens is 1. The van der Waals surface area contributed by atoms with Crippen LogP contribution in [0.4, 0.5) is 5.82 Å². The molecule has 0 aliphatic rings. The Bertz CT molecular complexity index is 405. The van der Waals surface area contributed by atoms with Crippen LogP contribution in [0.15, 0.2) is 18.8 Å². The van der Waals surface area contributed by atoms with Crippen LogP contribution < -0.4 is 16.6 Å². The fourth-order valence-electron chi connectivity index (χ4n) is 1.19. The molecule has 1 rings (SSSR count). The third-order valence-electron chi connectivity index (χ3n) is 1.78. The van der Waals surface area contributed by atoms with Gasteiger partial charge in [-0.3, -0.25) is 4.79 Å². The largest absolute Gasteiger partial charge is 0.329 e. The fourth-order valence-corrected chi connectivity index (χ4v) is 1.44.